The van der Waals surface area contributed by atoms with Crippen molar-refractivity contribution >= 4 is 23.6 Å². The highest BCUT2D eigenvalue weighted by Gasteiger charge is 2.21. The number of carboxylic acid groups (broad SMARTS) is 1. The van der Waals surface area contributed by atoms with Crippen LogP contribution in [0.1, 0.15) is 64.2 Å². The van der Waals surface area contributed by atoms with Gasteiger partial charge in [-0.3, -0.25) is 4.79 Å². The van der Waals surface area contributed by atoms with Crippen LogP contribution >= 0.6 is 11.9 Å². The van der Waals surface area contributed by atoms with Crippen molar-refractivity contribution in [2.45, 2.75) is 69.5 Å². The largest absolute Gasteiger partial charge is 0.480 e. The van der Waals surface area contributed by atoms with Gasteiger partial charge in [0.15, 0.2) is 0 Å². The average molecular weight is 281 g/mol. The number of rotatable bonds is 2. The number of nitrogens with zero attached hydrogens (tertiary/aromatic N) is 1. The molecule has 0 aromatic carbocycles. The summed E-state index contributed by atoms with van der Waals surface area (Å²) in [5.41, 5.74) is 2.55. The molecule has 2 rings (SSSR count). The number of hydrogen-bond donors (Lipinski definition) is 1. The second kappa shape index (κ2) is 7.73. The van der Waals surface area contributed by atoms with Gasteiger partial charge >= 0.3 is 5.97 Å². The molecule has 0 aromatic heterocycles. The molecule has 106 valence electrons. The quantitative estimate of drug-likeness (QED) is 0.764. The molecule has 0 spiro atoms. The minimum absolute atomic E-state index is 0.357. The Bertz CT molecular complexity index is 376. The highest BCUT2D eigenvalue weighted by molar-refractivity contribution is 7.99. The molecule has 2 aliphatic rings. The predicted octanol–water partition coefficient (Wildman–Crippen LogP) is 4.38. The lowest BCUT2D eigenvalue weighted by molar-refractivity contribution is -0.136. The summed E-state index contributed by atoms with van der Waals surface area (Å²) in [6, 6.07) is 0. The number of carboxylic acids is 1. The first-order chi connectivity index (χ1) is 9.27. The molecule has 0 saturated carbocycles. The van der Waals surface area contributed by atoms with Crippen LogP contribution in [0.4, 0.5) is 0 Å². The summed E-state index contributed by atoms with van der Waals surface area (Å²) in [6.45, 7) is 0. The van der Waals surface area contributed by atoms with E-state index in [1.807, 2.05) is 0 Å². The monoisotopic (exact) mass is 281 g/mol. The van der Waals surface area contributed by atoms with Crippen LogP contribution in [0.5, 0.6) is 0 Å². The van der Waals surface area contributed by atoms with Gasteiger partial charge in [-0.25, -0.2) is 4.40 Å². The Balaban J connectivity index is 2.07. The fourth-order valence-corrected chi connectivity index (χ4v) is 3.51. The van der Waals surface area contributed by atoms with Crippen molar-refractivity contribution in [3.8, 4) is 0 Å². The first-order valence-electron chi connectivity index (χ1n) is 7.42. The smallest absolute Gasteiger partial charge is 0.318 e. The molecule has 0 bridgehead atoms. The Kier molecular flexibility index (Phi) is 5.95. The van der Waals surface area contributed by atoms with Gasteiger partial charge in [-0.05, 0) is 62.5 Å². The lowest BCUT2D eigenvalue weighted by Gasteiger charge is -2.18. The van der Waals surface area contributed by atoms with Gasteiger partial charge in [-0.15, -0.1) is 0 Å². The minimum Gasteiger partial charge on any atom is -0.480 e. The highest BCUT2D eigenvalue weighted by Crippen LogP contribution is 2.27. The van der Waals surface area contributed by atoms with Crippen molar-refractivity contribution in [3.05, 3.63) is 11.6 Å². The highest BCUT2D eigenvalue weighted by atomic mass is 32.2. The van der Waals surface area contributed by atoms with Gasteiger partial charge in [0.1, 0.15) is 5.25 Å². The first-order valence-corrected chi connectivity index (χ1v) is 8.26. The van der Waals surface area contributed by atoms with Crippen LogP contribution in [0.15, 0.2) is 16.0 Å². The molecule has 4 heteroatoms. The summed E-state index contributed by atoms with van der Waals surface area (Å²) in [5.74, 6) is -0.721. The van der Waals surface area contributed by atoms with E-state index in [9.17, 15) is 4.79 Å². The fraction of sp³-hybridized carbons (Fsp3) is 0.733. The van der Waals surface area contributed by atoms with Crippen molar-refractivity contribution in [1.29, 1.82) is 0 Å². The van der Waals surface area contributed by atoms with E-state index in [2.05, 4.69) is 10.5 Å². The van der Waals surface area contributed by atoms with E-state index < -0.39 is 5.97 Å². The van der Waals surface area contributed by atoms with Crippen LogP contribution in [-0.4, -0.2) is 22.0 Å². The van der Waals surface area contributed by atoms with Gasteiger partial charge in [0.25, 0.3) is 0 Å². The van der Waals surface area contributed by atoms with Crippen LogP contribution in [-0.2, 0) is 4.79 Å². The van der Waals surface area contributed by atoms with Crippen molar-refractivity contribution in [2.24, 2.45) is 4.40 Å². The Morgan fingerprint density at radius 1 is 1.16 bits per heavy atom. The van der Waals surface area contributed by atoms with Gasteiger partial charge in [0, 0.05) is 0 Å². The zero-order valence-corrected chi connectivity index (χ0v) is 12.3. The second-order valence-corrected chi connectivity index (χ2v) is 6.36. The summed E-state index contributed by atoms with van der Waals surface area (Å²) in [5, 5.41) is 8.77. The van der Waals surface area contributed by atoms with Gasteiger partial charge in [-0.2, -0.15) is 0 Å². The van der Waals surface area contributed by atoms with Crippen molar-refractivity contribution in [3.63, 3.8) is 0 Å². The zero-order chi connectivity index (χ0) is 13.5. The predicted molar refractivity (Wildman–Crippen MR) is 80.7 cm³/mol. The van der Waals surface area contributed by atoms with E-state index in [1.54, 1.807) is 0 Å². The van der Waals surface area contributed by atoms with Crippen molar-refractivity contribution < 1.29 is 9.90 Å². The molecule has 0 amide bonds. The van der Waals surface area contributed by atoms with E-state index in [0.717, 1.165) is 44.2 Å². The van der Waals surface area contributed by atoms with Gasteiger partial charge < -0.3 is 5.11 Å². The maximum Gasteiger partial charge on any atom is 0.318 e. The molecule has 0 fully saturated rings. The zero-order valence-electron chi connectivity index (χ0n) is 11.4. The van der Waals surface area contributed by atoms with E-state index in [0.29, 0.717) is 0 Å². The van der Waals surface area contributed by atoms with E-state index in [4.69, 9.17) is 5.11 Å². The molecule has 0 aromatic rings. The molecular formula is C15H23NO2S. The third kappa shape index (κ3) is 4.68. The molecular weight excluding hydrogens is 258 g/mol. The lowest BCUT2D eigenvalue weighted by Crippen LogP contribution is -2.18. The standard InChI is InChI=1S/C15H23NO2S/c17-15(18)14-11-7-6-10-13(16-19-14)12-8-4-2-1-3-5-9-12/h8,14H,1-7,9-11H2,(H,17,18)/b12-8+,16-13?. The van der Waals surface area contributed by atoms with Crippen molar-refractivity contribution in [2.75, 3.05) is 0 Å². The molecule has 1 aliphatic carbocycles. The molecule has 0 radical (unpaired) electrons. The van der Waals surface area contributed by atoms with Crippen molar-refractivity contribution in [1.82, 2.24) is 0 Å². The first kappa shape index (κ1) is 14.6. The Labute approximate surface area is 119 Å². The number of hydrogen-bond acceptors (Lipinski definition) is 3. The SMILES string of the molecule is O=C(O)C1CCCCC(/C2=C/CCCCCC2)=NS1. The third-order valence-electron chi connectivity index (χ3n) is 3.86. The number of carbonyl (C=O) groups is 1. The molecule has 1 aliphatic heterocycles. The Hall–Kier alpha value is -0.770. The van der Waals surface area contributed by atoms with Gasteiger partial charge in [0.2, 0.25) is 0 Å². The summed E-state index contributed by atoms with van der Waals surface area (Å²) in [4.78, 5) is 11.1. The van der Waals surface area contributed by atoms with Crippen LogP contribution in [0, 0.1) is 0 Å². The van der Waals surface area contributed by atoms with Crippen LogP contribution in [0.25, 0.3) is 0 Å². The topological polar surface area (TPSA) is 49.7 Å². The summed E-state index contributed by atoms with van der Waals surface area (Å²) < 4.78 is 4.57. The Morgan fingerprint density at radius 3 is 2.79 bits per heavy atom. The molecule has 0 saturated heterocycles. The van der Waals surface area contributed by atoms with Crippen LogP contribution in [0.2, 0.25) is 0 Å². The molecule has 1 heterocycles. The minimum atomic E-state index is -0.721. The number of allylic oxidation sites excluding steroid dienone is 2. The Morgan fingerprint density at radius 2 is 1.95 bits per heavy atom. The maximum absolute atomic E-state index is 11.1. The molecule has 1 N–H and O–H groups in total. The van der Waals surface area contributed by atoms with Crippen LogP contribution < -0.4 is 0 Å². The molecule has 1 unspecified atom stereocenters. The lowest BCUT2D eigenvalue weighted by atomic mass is 9.94. The van der Waals surface area contributed by atoms with E-state index in [-0.39, 0.29) is 5.25 Å². The molecule has 19 heavy (non-hydrogen) atoms. The number of aliphatic carboxylic acids is 1. The summed E-state index contributed by atoms with van der Waals surface area (Å²) in [6.07, 6.45) is 13.6. The maximum atomic E-state index is 11.1. The van der Waals surface area contributed by atoms with Gasteiger partial charge in [-0.1, -0.05) is 25.3 Å². The summed E-state index contributed by atoms with van der Waals surface area (Å²) >= 11 is 1.27. The molecule has 1 atom stereocenters. The van der Waals surface area contributed by atoms with Crippen LogP contribution in [0.3, 0.4) is 0 Å². The van der Waals surface area contributed by atoms with Gasteiger partial charge in [0.05, 0.1) is 5.71 Å². The second-order valence-electron chi connectivity index (χ2n) is 5.40. The summed E-state index contributed by atoms with van der Waals surface area (Å²) in [7, 11) is 0. The molecule has 3 nitrogen and oxygen atoms in total. The van der Waals surface area contributed by atoms with E-state index in [1.165, 1.54) is 43.2 Å². The fourth-order valence-electron chi connectivity index (χ4n) is 2.69. The normalized spacial score (nSPS) is 28.9. The van der Waals surface area contributed by atoms with E-state index >= 15 is 0 Å². The third-order valence-corrected chi connectivity index (χ3v) is 4.87. The average Bonchev–Trinajstić information content (AvgIpc) is 2.29.